The highest BCUT2D eigenvalue weighted by molar-refractivity contribution is 5.34. The second-order valence-electron chi connectivity index (χ2n) is 8.51. The van der Waals surface area contributed by atoms with Gasteiger partial charge in [-0.25, -0.2) is 0 Å². The lowest BCUT2D eigenvalue weighted by Crippen LogP contribution is -2.50. The van der Waals surface area contributed by atoms with Gasteiger partial charge in [-0.15, -0.1) is 0 Å². The summed E-state index contributed by atoms with van der Waals surface area (Å²) in [6.45, 7) is 10.1. The fraction of sp³-hybridized carbons (Fsp3) is 0.727. The number of methoxy groups -OCH3 is 1. The maximum absolute atomic E-state index is 5.50. The Hall–Kier alpha value is -0.940. The van der Waals surface area contributed by atoms with Crippen molar-refractivity contribution in [3.63, 3.8) is 0 Å². The molecule has 0 aromatic heterocycles. The summed E-state index contributed by atoms with van der Waals surface area (Å²) in [5.41, 5.74) is 1.83. The summed E-state index contributed by atoms with van der Waals surface area (Å²) in [4.78, 5) is 5.38. The van der Waals surface area contributed by atoms with E-state index in [0.717, 1.165) is 25.7 Å². The van der Waals surface area contributed by atoms with Crippen molar-refractivity contribution in [2.75, 3.05) is 66.2 Å². The van der Waals surface area contributed by atoms with Crippen molar-refractivity contribution in [1.29, 1.82) is 0 Å². The lowest BCUT2D eigenvalue weighted by Gasteiger charge is -2.39. The molecule has 0 spiro atoms. The van der Waals surface area contributed by atoms with Gasteiger partial charge in [0, 0.05) is 71.6 Å². The van der Waals surface area contributed by atoms with E-state index in [9.17, 15) is 0 Å². The summed E-state index contributed by atoms with van der Waals surface area (Å²) < 4.78 is 11.0. The standard InChI is InChI=1S/C22H34N2O2/c1-25-17-21-15-22(21,20-5-3-2-4-6-20)18-24-11-9-23(10-12-24)16-19-7-13-26-14-8-19/h2-6,19,21H,7-18H2,1H3/t21-,22+/m0/s1. The van der Waals surface area contributed by atoms with E-state index in [0.29, 0.717) is 11.3 Å². The lowest BCUT2D eigenvalue weighted by molar-refractivity contribution is 0.0408. The molecule has 0 unspecified atom stereocenters. The largest absolute Gasteiger partial charge is 0.384 e. The molecule has 0 bridgehead atoms. The number of hydrogen-bond donors (Lipinski definition) is 0. The van der Waals surface area contributed by atoms with E-state index >= 15 is 0 Å². The molecule has 2 heterocycles. The number of nitrogens with zero attached hydrogens (tertiary/aromatic N) is 2. The smallest absolute Gasteiger partial charge is 0.0499 e. The average molecular weight is 359 g/mol. The van der Waals surface area contributed by atoms with Crippen LogP contribution in [0.5, 0.6) is 0 Å². The predicted molar refractivity (Wildman–Crippen MR) is 105 cm³/mol. The fourth-order valence-corrected chi connectivity index (χ4v) is 5.03. The first-order valence-electron chi connectivity index (χ1n) is 10.4. The highest BCUT2D eigenvalue weighted by Crippen LogP contribution is 2.54. The van der Waals surface area contributed by atoms with E-state index in [-0.39, 0.29) is 0 Å². The van der Waals surface area contributed by atoms with Gasteiger partial charge in [-0.1, -0.05) is 30.3 Å². The molecule has 0 radical (unpaired) electrons. The van der Waals surface area contributed by atoms with E-state index in [1.807, 2.05) is 7.11 Å². The zero-order chi connectivity index (χ0) is 17.8. The van der Waals surface area contributed by atoms with Crippen LogP contribution in [0.15, 0.2) is 30.3 Å². The SMILES string of the molecule is COC[C@@H]1C[C@@]1(CN1CCN(CC2CCOCC2)CC1)c1ccccc1. The Kier molecular flexibility index (Phi) is 5.94. The second kappa shape index (κ2) is 8.39. The maximum atomic E-state index is 5.50. The molecule has 1 aromatic carbocycles. The Bertz CT molecular complexity index is 553. The average Bonchev–Trinajstić information content (AvgIpc) is 3.39. The molecule has 26 heavy (non-hydrogen) atoms. The van der Waals surface area contributed by atoms with Gasteiger partial charge in [-0.3, -0.25) is 4.90 Å². The molecule has 4 nitrogen and oxygen atoms in total. The number of piperazine rings is 1. The molecule has 4 rings (SSSR count). The molecule has 1 saturated carbocycles. The minimum Gasteiger partial charge on any atom is -0.384 e. The van der Waals surface area contributed by atoms with Gasteiger partial charge < -0.3 is 14.4 Å². The van der Waals surface area contributed by atoms with Gasteiger partial charge in [0.2, 0.25) is 0 Å². The zero-order valence-electron chi connectivity index (χ0n) is 16.2. The summed E-state index contributed by atoms with van der Waals surface area (Å²) in [5, 5.41) is 0. The molecule has 3 fully saturated rings. The van der Waals surface area contributed by atoms with Crippen molar-refractivity contribution in [3.05, 3.63) is 35.9 Å². The van der Waals surface area contributed by atoms with E-state index < -0.39 is 0 Å². The first kappa shape index (κ1) is 18.4. The van der Waals surface area contributed by atoms with Crippen molar-refractivity contribution in [3.8, 4) is 0 Å². The van der Waals surface area contributed by atoms with E-state index in [1.54, 1.807) is 0 Å². The van der Waals surface area contributed by atoms with Gasteiger partial charge in [0.15, 0.2) is 0 Å². The summed E-state index contributed by atoms with van der Waals surface area (Å²) in [5.74, 6) is 1.52. The van der Waals surface area contributed by atoms with Crippen LogP contribution >= 0.6 is 0 Å². The van der Waals surface area contributed by atoms with Crippen molar-refractivity contribution >= 4 is 0 Å². The van der Waals surface area contributed by atoms with E-state index in [1.165, 1.54) is 64.1 Å². The monoisotopic (exact) mass is 358 g/mol. The van der Waals surface area contributed by atoms with Crippen molar-refractivity contribution in [2.24, 2.45) is 11.8 Å². The quantitative estimate of drug-likeness (QED) is 0.748. The number of benzene rings is 1. The second-order valence-corrected chi connectivity index (χ2v) is 8.51. The van der Waals surface area contributed by atoms with Crippen LogP contribution in [0.1, 0.15) is 24.8 Å². The van der Waals surface area contributed by atoms with Crippen LogP contribution in [0, 0.1) is 11.8 Å². The third-order valence-corrected chi connectivity index (χ3v) is 6.78. The predicted octanol–water partition coefficient (Wildman–Crippen LogP) is 2.63. The minimum atomic E-state index is 0.320. The van der Waals surface area contributed by atoms with Crippen molar-refractivity contribution in [2.45, 2.75) is 24.7 Å². The van der Waals surface area contributed by atoms with Crippen LogP contribution in [0.4, 0.5) is 0 Å². The molecule has 1 aromatic rings. The third-order valence-electron chi connectivity index (χ3n) is 6.78. The highest BCUT2D eigenvalue weighted by Gasteiger charge is 2.55. The zero-order valence-corrected chi connectivity index (χ0v) is 16.2. The Morgan fingerprint density at radius 3 is 2.42 bits per heavy atom. The normalized spacial score (nSPS) is 31.2. The van der Waals surface area contributed by atoms with Gasteiger partial charge >= 0.3 is 0 Å². The number of hydrogen-bond acceptors (Lipinski definition) is 4. The molecule has 2 aliphatic heterocycles. The summed E-state index contributed by atoms with van der Waals surface area (Å²) in [6, 6.07) is 11.1. The molecule has 2 atom stereocenters. The topological polar surface area (TPSA) is 24.9 Å². The van der Waals surface area contributed by atoms with Gasteiger partial charge in [0.25, 0.3) is 0 Å². The number of ether oxygens (including phenoxy) is 2. The van der Waals surface area contributed by atoms with E-state index in [4.69, 9.17) is 9.47 Å². The van der Waals surface area contributed by atoms with Crippen LogP contribution < -0.4 is 0 Å². The van der Waals surface area contributed by atoms with Crippen LogP contribution in [0.25, 0.3) is 0 Å². The fourth-order valence-electron chi connectivity index (χ4n) is 5.03. The van der Waals surface area contributed by atoms with Crippen LogP contribution in [0.3, 0.4) is 0 Å². The molecule has 144 valence electrons. The Morgan fingerprint density at radius 2 is 1.73 bits per heavy atom. The highest BCUT2D eigenvalue weighted by atomic mass is 16.5. The Morgan fingerprint density at radius 1 is 1.04 bits per heavy atom. The Balaban J connectivity index is 1.31. The van der Waals surface area contributed by atoms with Crippen LogP contribution in [0.2, 0.25) is 0 Å². The minimum absolute atomic E-state index is 0.320. The van der Waals surface area contributed by atoms with Gasteiger partial charge in [-0.2, -0.15) is 0 Å². The molecular formula is C22H34N2O2. The van der Waals surface area contributed by atoms with Crippen LogP contribution in [-0.2, 0) is 14.9 Å². The molecule has 4 heteroatoms. The third kappa shape index (κ3) is 4.14. The molecule has 0 amide bonds. The number of rotatable bonds is 7. The molecular weight excluding hydrogens is 324 g/mol. The summed E-state index contributed by atoms with van der Waals surface area (Å²) in [6.07, 6.45) is 3.76. The molecule has 0 N–H and O–H groups in total. The molecule has 1 aliphatic carbocycles. The summed E-state index contributed by atoms with van der Waals surface area (Å²) in [7, 11) is 1.84. The maximum Gasteiger partial charge on any atom is 0.0499 e. The van der Waals surface area contributed by atoms with Crippen molar-refractivity contribution in [1.82, 2.24) is 9.80 Å². The first-order valence-corrected chi connectivity index (χ1v) is 10.4. The lowest BCUT2D eigenvalue weighted by atomic mass is 9.92. The van der Waals surface area contributed by atoms with Gasteiger partial charge in [0.05, 0.1) is 0 Å². The Labute approximate surface area is 158 Å². The summed E-state index contributed by atoms with van der Waals surface area (Å²) >= 11 is 0. The van der Waals surface area contributed by atoms with Gasteiger partial charge in [-0.05, 0) is 36.7 Å². The first-order chi connectivity index (χ1) is 12.8. The molecule has 2 saturated heterocycles. The van der Waals surface area contributed by atoms with Crippen LogP contribution in [-0.4, -0.2) is 76.0 Å². The van der Waals surface area contributed by atoms with Gasteiger partial charge in [0.1, 0.15) is 0 Å². The van der Waals surface area contributed by atoms with Crippen molar-refractivity contribution < 1.29 is 9.47 Å². The van der Waals surface area contributed by atoms with E-state index in [2.05, 4.69) is 40.1 Å². The molecule has 3 aliphatic rings.